The van der Waals surface area contributed by atoms with Crippen LogP contribution in [0.1, 0.15) is 19.8 Å². The van der Waals surface area contributed by atoms with Crippen LogP contribution in [0.15, 0.2) is 21.2 Å². The maximum absolute atomic E-state index is 5.96. The largest absolute Gasteiger partial charge is 0.353 e. The van der Waals surface area contributed by atoms with Gasteiger partial charge >= 0.3 is 0 Å². The highest BCUT2D eigenvalue weighted by Gasteiger charge is 2.25. The van der Waals surface area contributed by atoms with Gasteiger partial charge in [0.1, 0.15) is 5.82 Å². The van der Waals surface area contributed by atoms with Crippen molar-refractivity contribution in [3.05, 3.63) is 21.2 Å². The molecule has 0 aliphatic carbocycles. The summed E-state index contributed by atoms with van der Waals surface area (Å²) in [5, 5.41) is 0. The lowest BCUT2D eigenvalue weighted by Gasteiger charge is -2.37. The third-order valence-electron chi connectivity index (χ3n) is 2.98. The zero-order valence-corrected chi connectivity index (χ0v) is 12.3. The van der Waals surface area contributed by atoms with E-state index < -0.39 is 0 Å². The minimum absolute atomic E-state index is 0.334. The van der Waals surface area contributed by atoms with Crippen molar-refractivity contribution in [3.63, 3.8) is 0 Å². The van der Waals surface area contributed by atoms with Crippen LogP contribution in [-0.4, -0.2) is 23.6 Å². The van der Waals surface area contributed by atoms with Crippen LogP contribution >= 0.6 is 31.9 Å². The Morgan fingerprint density at radius 3 is 2.88 bits per heavy atom. The molecule has 2 N–H and O–H groups in total. The first kappa shape index (κ1) is 12.3. The topological polar surface area (TPSA) is 42.1 Å². The predicted octanol–water partition coefficient (Wildman–Crippen LogP) is 2.92. The fourth-order valence-corrected chi connectivity index (χ4v) is 3.36. The Morgan fingerprint density at radius 2 is 2.25 bits per heavy atom. The van der Waals surface area contributed by atoms with Crippen LogP contribution in [0.5, 0.6) is 0 Å². The highest BCUT2D eigenvalue weighted by molar-refractivity contribution is 9.11. The Balaban J connectivity index is 2.23. The summed E-state index contributed by atoms with van der Waals surface area (Å²) < 4.78 is 2.02. The van der Waals surface area contributed by atoms with E-state index in [2.05, 4.69) is 48.7 Å². The van der Waals surface area contributed by atoms with Gasteiger partial charge in [-0.1, -0.05) is 0 Å². The lowest BCUT2D eigenvalue weighted by Crippen LogP contribution is -2.46. The number of nitrogens with zero attached hydrogens (tertiary/aromatic N) is 2. The molecule has 5 heteroatoms. The Hall–Kier alpha value is -0.130. The molecule has 1 fully saturated rings. The molecule has 2 atom stereocenters. The standard InChI is InChI=1S/C11H15Br2N3/c1-7-4-9(14)2-3-16(7)11-10(13)5-8(12)6-15-11/h5-7,9H,2-4,14H2,1H3. The summed E-state index contributed by atoms with van der Waals surface area (Å²) >= 11 is 6.97. The molecule has 1 aliphatic rings. The van der Waals surface area contributed by atoms with E-state index in [0.29, 0.717) is 12.1 Å². The van der Waals surface area contributed by atoms with Gasteiger partial charge in [0.15, 0.2) is 0 Å². The monoisotopic (exact) mass is 347 g/mol. The van der Waals surface area contributed by atoms with Crippen molar-refractivity contribution in [1.29, 1.82) is 0 Å². The summed E-state index contributed by atoms with van der Waals surface area (Å²) in [6.07, 6.45) is 3.90. The number of aromatic nitrogens is 1. The van der Waals surface area contributed by atoms with Gasteiger partial charge in [-0.3, -0.25) is 0 Å². The molecular formula is C11H15Br2N3. The summed E-state index contributed by atoms with van der Waals surface area (Å²) in [6.45, 7) is 3.19. The third kappa shape index (κ3) is 2.57. The second kappa shape index (κ2) is 5.02. The molecule has 1 aromatic heterocycles. The van der Waals surface area contributed by atoms with Crippen LogP contribution < -0.4 is 10.6 Å². The van der Waals surface area contributed by atoms with Crippen LogP contribution in [0.25, 0.3) is 0 Å². The molecule has 88 valence electrons. The van der Waals surface area contributed by atoms with E-state index in [0.717, 1.165) is 34.1 Å². The summed E-state index contributed by atoms with van der Waals surface area (Å²) in [4.78, 5) is 6.79. The zero-order chi connectivity index (χ0) is 11.7. The van der Waals surface area contributed by atoms with Crippen molar-refractivity contribution >= 4 is 37.7 Å². The van der Waals surface area contributed by atoms with E-state index in [-0.39, 0.29) is 0 Å². The van der Waals surface area contributed by atoms with Gasteiger partial charge in [-0.2, -0.15) is 0 Å². The number of anilines is 1. The van der Waals surface area contributed by atoms with E-state index >= 15 is 0 Å². The van der Waals surface area contributed by atoms with Crippen molar-refractivity contribution in [3.8, 4) is 0 Å². The average molecular weight is 349 g/mol. The maximum atomic E-state index is 5.96. The molecule has 0 radical (unpaired) electrons. The summed E-state index contributed by atoms with van der Waals surface area (Å²) in [6, 6.07) is 2.82. The fourth-order valence-electron chi connectivity index (χ4n) is 2.14. The molecule has 1 aromatic rings. The van der Waals surface area contributed by atoms with E-state index in [4.69, 9.17) is 5.73 Å². The van der Waals surface area contributed by atoms with Crippen molar-refractivity contribution < 1.29 is 0 Å². The molecule has 1 saturated heterocycles. The van der Waals surface area contributed by atoms with Crippen molar-refractivity contribution in [2.75, 3.05) is 11.4 Å². The van der Waals surface area contributed by atoms with Gasteiger partial charge in [0.05, 0.1) is 4.47 Å². The third-order valence-corrected chi connectivity index (χ3v) is 3.99. The van der Waals surface area contributed by atoms with Crippen LogP contribution in [0.4, 0.5) is 5.82 Å². The molecule has 1 aliphatic heterocycles. The van der Waals surface area contributed by atoms with Gasteiger partial charge in [0.2, 0.25) is 0 Å². The minimum Gasteiger partial charge on any atom is -0.353 e. The molecule has 16 heavy (non-hydrogen) atoms. The Bertz CT molecular complexity index is 383. The normalized spacial score (nSPS) is 25.9. The van der Waals surface area contributed by atoms with Crippen molar-refractivity contribution in [2.24, 2.45) is 5.73 Å². The van der Waals surface area contributed by atoms with Gasteiger partial charge < -0.3 is 10.6 Å². The molecule has 0 amide bonds. The second-order valence-electron chi connectivity index (χ2n) is 4.29. The number of halogens is 2. The zero-order valence-electron chi connectivity index (χ0n) is 9.16. The number of hydrogen-bond donors (Lipinski definition) is 1. The highest BCUT2D eigenvalue weighted by atomic mass is 79.9. The molecular weight excluding hydrogens is 334 g/mol. The van der Waals surface area contributed by atoms with Crippen LogP contribution in [0.3, 0.4) is 0 Å². The number of nitrogens with two attached hydrogens (primary N) is 1. The summed E-state index contributed by atoms with van der Waals surface area (Å²) in [5.74, 6) is 1.02. The fraction of sp³-hybridized carbons (Fsp3) is 0.545. The Morgan fingerprint density at radius 1 is 1.50 bits per heavy atom. The lowest BCUT2D eigenvalue weighted by atomic mass is 9.99. The number of rotatable bonds is 1. The predicted molar refractivity (Wildman–Crippen MR) is 73.7 cm³/mol. The van der Waals surface area contributed by atoms with E-state index in [1.165, 1.54) is 0 Å². The van der Waals surface area contributed by atoms with Gasteiger partial charge in [0, 0.05) is 29.3 Å². The quantitative estimate of drug-likeness (QED) is 0.848. The van der Waals surface area contributed by atoms with Gasteiger partial charge in [0.25, 0.3) is 0 Å². The Labute approximate surface area is 113 Å². The lowest BCUT2D eigenvalue weighted by molar-refractivity contribution is 0.427. The molecule has 0 spiro atoms. The number of pyridine rings is 1. The van der Waals surface area contributed by atoms with Crippen LogP contribution in [-0.2, 0) is 0 Å². The average Bonchev–Trinajstić information content (AvgIpc) is 2.19. The molecule has 0 aromatic carbocycles. The maximum Gasteiger partial charge on any atom is 0.143 e. The SMILES string of the molecule is CC1CC(N)CCN1c1ncc(Br)cc1Br. The summed E-state index contributed by atoms with van der Waals surface area (Å²) in [5.41, 5.74) is 5.96. The first-order valence-electron chi connectivity index (χ1n) is 5.41. The molecule has 3 nitrogen and oxygen atoms in total. The molecule has 2 heterocycles. The van der Waals surface area contributed by atoms with Crippen molar-refractivity contribution in [2.45, 2.75) is 31.8 Å². The molecule has 2 rings (SSSR count). The number of hydrogen-bond acceptors (Lipinski definition) is 3. The van der Waals surface area contributed by atoms with Gasteiger partial charge in [-0.15, -0.1) is 0 Å². The van der Waals surface area contributed by atoms with E-state index in [9.17, 15) is 0 Å². The molecule has 2 unspecified atom stereocenters. The van der Waals surface area contributed by atoms with Gasteiger partial charge in [-0.25, -0.2) is 4.98 Å². The van der Waals surface area contributed by atoms with Crippen LogP contribution in [0, 0.1) is 0 Å². The molecule has 0 saturated carbocycles. The Kier molecular flexibility index (Phi) is 3.87. The smallest absolute Gasteiger partial charge is 0.143 e. The van der Waals surface area contributed by atoms with Gasteiger partial charge in [-0.05, 0) is 57.7 Å². The summed E-state index contributed by atoms with van der Waals surface area (Å²) in [7, 11) is 0. The highest BCUT2D eigenvalue weighted by Crippen LogP contribution is 2.30. The first-order chi connectivity index (χ1) is 7.58. The van der Waals surface area contributed by atoms with E-state index in [1.54, 1.807) is 0 Å². The number of piperidine rings is 1. The van der Waals surface area contributed by atoms with Crippen molar-refractivity contribution in [1.82, 2.24) is 4.98 Å². The minimum atomic E-state index is 0.334. The first-order valence-corrected chi connectivity index (χ1v) is 7.00. The molecule has 0 bridgehead atoms. The van der Waals surface area contributed by atoms with Crippen LogP contribution in [0.2, 0.25) is 0 Å². The van der Waals surface area contributed by atoms with E-state index in [1.807, 2.05) is 12.3 Å². The second-order valence-corrected chi connectivity index (χ2v) is 6.06.